The molecule has 0 amide bonds. The SMILES string of the molecule is N#Cc1ccccc1-c1coc(-c2ccc(OCOc3ccccc3)cc2)n1. The highest BCUT2D eigenvalue weighted by molar-refractivity contribution is 5.68. The highest BCUT2D eigenvalue weighted by Gasteiger charge is 2.11. The van der Waals surface area contributed by atoms with E-state index in [0.29, 0.717) is 22.9 Å². The van der Waals surface area contributed by atoms with Gasteiger partial charge < -0.3 is 13.9 Å². The molecule has 0 saturated heterocycles. The molecule has 0 aliphatic rings. The third kappa shape index (κ3) is 3.87. The molecule has 28 heavy (non-hydrogen) atoms. The number of oxazole rings is 1. The zero-order valence-corrected chi connectivity index (χ0v) is 14.9. The summed E-state index contributed by atoms with van der Waals surface area (Å²) >= 11 is 0. The summed E-state index contributed by atoms with van der Waals surface area (Å²) in [4.78, 5) is 4.51. The number of para-hydroxylation sites is 1. The molecule has 5 nitrogen and oxygen atoms in total. The normalized spacial score (nSPS) is 10.2. The van der Waals surface area contributed by atoms with Crippen LogP contribution in [0.5, 0.6) is 11.5 Å². The van der Waals surface area contributed by atoms with Gasteiger partial charge in [0.05, 0.1) is 11.6 Å². The topological polar surface area (TPSA) is 68.3 Å². The Morgan fingerprint density at radius 1 is 0.821 bits per heavy atom. The van der Waals surface area contributed by atoms with Gasteiger partial charge in [-0.1, -0.05) is 36.4 Å². The van der Waals surface area contributed by atoms with Crippen molar-refractivity contribution < 1.29 is 13.9 Å². The summed E-state index contributed by atoms with van der Waals surface area (Å²) in [6.07, 6.45) is 1.56. The van der Waals surface area contributed by atoms with E-state index in [1.165, 1.54) is 0 Å². The van der Waals surface area contributed by atoms with Crippen LogP contribution in [0.2, 0.25) is 0 Å². The van der Waals surface area contributed by atoms with E-state index in [1.54, 1.807) is 12.3 Å². The molecule has 0 radical (unpaired) electrons. The molecule has 5 heteroatoms. The maximum atomic E-state index is 9.25. The zero-order valence-electron chi connectivity index (χ0n) is 14.9. The molecular weight excluding hydrogens is 352 g/mol. The maximum absolute atomic E-state index is 9.25. The van der Waals surface area contributed by atoms with Gasteiger partial charge >= 0.3 is 0 Å². The first-order valence-corrected chi connectivity index (χ1v) is 8.69. The van der Waals surface area contributed by atoms with Gasteiger partial charge in [-0.25, -0.2) is 4.98 Å². The molecule has 0 unspecified atom stereocenters. The standard InChI is InChI=1S/C23H16N2O3/c24-14-18-6-4-5-9-21(18)22-15-26-23(25-22)17-10-12-20(13-11-17)28-16-27-19-7-2-1-3-8-19/h1-13,15H,16H2. The van der Waals surface area contributed by atoms with Crippen molar-refractivity contribution in [1.29, 1.82) is 5.26 Å². The maximum Gasteiger partial charge on any atom is 0.230 e. The number of benzene rings is 3. The van der Waals surface area contributed by atoms with Gasteiger partial charge in [-0.15, -0.1) is 0 Å². The van der Waals surface area contributed by atoms with Gasteiger partial charge in [0.2, 0.25) is 12.7 Å². The van der Waals surface area contributed by atoms with E-state index in [0.717, 1.165) is 16.9 Å². The first kappa shape index (κ1) is 17.4. The van der Waals surface area contributed by atoms with Gasteiger partial charge in [0.15, 0.2) is 0 Å². The van der Waals surface area contributed by atoms with Crippen molar-refractivity contribution in [3.63, 3.8) is 0 Å². The predicted molar refractivity (Wildman–Crippen MR) is 105 cm³/mol. The van der Waals surface area contributed by atoms with Crippen LogP contribution in [-0.4, -0.2) is 11.8 Å². The Labute approximate surface area is 162 Å². The average Bonchev–Trinajstić information content (AvgIpc) is 3.25. The molecule has 4 rings (SSSR count). The molecule has 0 aliphatic carbocycles. The number of hydrogen-bond donors (Lipinski definition) is 0. The number of nitriles is 1. The Balaban J connectivity index is 1.43. The second-order valence-corrected chi connectivity index (χ2v) is 5.94. The fourth-order valence-electron chi connectivity index (χ4n) is 2.71. The Hall–Kier alpha value is -4.04. The Bertz CT molecular complexity index is 1100. The molecule has 0 atom stereocenters. The van der Waals surface area contributed by atoms with Crippen LogP contribution in [-0.2, 0) is 0 Å². The zero-order chi connectivity index (χ0) is 19.2. The minimum Gasteiger partial charge on any atom is -0.458 e. The minimum atomic E-state index is 0.122. The van der Waals surface area contributed by atoms with Crippen molar-refractivity contribution >= 4 is 0 Å². The molecule has 4 aromatic rings. The molecule has 0 bridgehead atoms. The fourth-order valence-corrected chi connectivity index (χ4v) is 2.71. The van der Waals surface area contributed by atoms with Crippen LogP contribution in [0.1, 0.15) is 5.56 Å². The molecule has 0 fully saturated rings. The molecule has 0 saturated carbocycles. The summed E-state index contributed by atoms with van der Waals surface area (Å²) in [5.74, 6) is 1.92. The van der Waals surface area contributed by atoms with Crippen molar-refractivity contribution in [3.8, 4) is 40.3 Å². The number of rotatable bonds is 6. The van der Waals surface area contributed by atoms with E-state index in [-0.39, 0.29) is 6.79 Å². The molecule has 0 N–H and O–H groups in total. The highest BCUT2D eigenvalue weighted by Crippen LogP contribution is 2.27. The van der Waals surface area contributed by atoms with Crippen molar-refractivity contribution in [2.24, 2.45) is 0 Å². The third-order valence-corrected chi connectivity index (χ3v) is 4.12. The van der Waals surface area contributed by atoms with Gasteiger partial charge in [0, 0.05) is 11.1 Å². The second-order valence-electron chi connectivity index (χ2n) is 5.94. The second kappa shape index (κ2) is 8.11. The summed E-state index contributed by atoms with van der Waals surface area (Å²) in [7, 11) is 0. The fraction of sp³-hybridized carbons (Fsp3) is 0.0435. The van der Waals surface area contributed by atoms with Gasteiger partial charge in [-0.3, -0.25) is 0 Å². The summed E-state index contributed by atoms with van der Waals surface area (Å²) in [5, 5.41) is 9.25. The molecule has 1 heterocycles. The Kier molecular flexibility index (Phi) is 5.03. The lowest BCUT2D eigenvalue weighted by atomic mass is 10.1. The van der Waals surface area contributed by atoms with Crippen molar-refractivity contribution in [3.05, 3.63) is 90.7 Å². The summed E-state index contributed by atoms with van der Waals surface area (Å²) in [6.45, 7) is 0.122. The molecular formula is C23H16N2O3. The largest absolute Gasteiger partial charge is 0.458 e. The van der Waals surface area contributed by atoms with E-state index in [9.17, 15) is 5.26 Å². The summed E-state index contributed by atoms with van der Waals surface area (Å²) in [5.41, 5.74) is 2.75. The van der Waals surface area contributed by atoms with Crippen LogP contribution >= 0.6 is 0 Å². The van der Waals surface area contributed by atoms with Gasteiger partial charge in [-0.2, -0.15) is 5.26 Å². The monoisotopic (exact) mass is 368 g/mol. The number of hydrogen-bond acceptors (Lipinski definition) is 5. The lowest BCUT2D eigenvalue weighted by molar-refractivity contribution is 0.120. The Morgan fingerprint density at radius 3 is 2.25 bits per heavy atom. The molecule has 0 spiro atoms. The van der Waals surface area contributed by atoms with Gasteiger partial charge in [-0.05, 0) is 42.5 Å². The number of ether oxygens (including phenoxy) is 2. The lowest BCUT2D eigenvalue weighted by Crippen LogP contribution is -2.05. The highest BCUT2D eigenvalue weighted by atomic mass is 16.7. The minimum absolute atomic E-state index is 0.122. The van der Waals surface area contributed by atoms with Gasteiger partial charge in [0.25, 0.3) is 0 Å². The van der Waals surface area contributed by atoms with Crippen molar-refractivity contribution in [1.82, 2.24) is 4.98 Å². The summed E-state index contributed by atoms with van der Waals surface area (Å²) in [6, 6.07) is 26.3. The van der Waals surface area contributed by atoms with E-state index in [1.807, 2.05) is 72.8 Å². The van der Waals surface area contributed by atoms with Crippen molar-refractivity contribution in [2.75, 3.05) is 6.79 Å². The predicted octanol–water partition coefficient (Wildman–Crippen LogP) is 5.30. The van der Waals surface area contributed by atoms with E-state index in [2.05, 4.69) is 11.1 Å². The Morgan fingerprint density at radius 2 is 1.50 bits per heavy atom. The summed E-state index contributed by atoms with van der Waals surface area (Å²) < 4.78 is 16.7. The van der Waals surface area contributed by atoms with Crippen molar-refractivity contribution in [2.45, 2.75) is 0 Å². The van der Waals surface area contributed by atoms with Crippen LogP contribution in [0.25, 0.3) is 22.7 Å². The third-order valence-electron chi connectivity index (χ3n) is 4.12. The van der Waals surface area contributed by atoms with Crippen LogP contribution in [0, 0.1) is 11.3 Å². The van der Waals surface area contributed by atoms with E-state index >= 15 is 0 Å². The smallest absolute Gasteiger partial charge is 0.230 e. The molecule has 3 aromatic carbocycles. The molecule has 136 valence electrons. The van der Waals surface area contributed by atoms with Crippen LogP contribution in [0.4, 0.5) is 0 Å². The molecule has 1 aromatic heterocycles. The molecule has 0 aliphatic heterocycles. The lowest BCUT2D eigenvalue weighted by Gasteiger charge is -2.08. The first-order chi connectivity index (χ1) is 13.8. The average molecular weight is 368 g/mol. The number of aromatic nitrogens is 1. The van der Waals surface area contributed by atoms with Gasteiger partial charge in [0.1, 0.15) is 23.5 Å². The van der Waals surface area contributed by atoms with Crippen LogP contribution in [0.15, 0.2) is 89.5 Å². The first-order valence-electron chi connectivity index (χ1n) is 8.69. The van der Waals surface area contributed by atoms with Crippen LogP contribution in [0.3, 0.4) is 0 Å². The van der Waals surface area contributed by atoms with E-state index in [4.69, 9.17) is 13.9 Å². The number of nitrogens with zero attached hydrogens (tertiary/aromatic N) is 2. The quantitative estimate of drug-likeness (QED) is 0.432. The van der Waals surface area contributed by atoms with E-state index < -0.39 is 0 Å². The van der Waals surface area contributed by atoms with Crippen LogP contribution < -0.4 is 9.47 Å².